The van der Waals surface area contributed by atoms with Crippen molar-refractivity contribution in [2.75, 3.05) is 24.5 Å². The van der Waals surface area contributed by atoms with Crippen molar-refractivity contribution in [3.05, 3.63) is 76.6 Å². The van der Waals surface area contributed by atoms with E-state index in [-0.39, 0.29) is 5.24 Å². The Bertz CT molecular complexity index is 1390. The fraction of sp³-hybridized carbons (Fsp3) is 0.296. The molecule has 0 spiro atoms. The molecular weight excluding hydrogens is 529 g/mol. The van der Waals surface area contributed by atoms with Crippen molar-refractivity contribution in [1.82, 2.24) is 25.6 Å². The van der Waals surface area contributed by atoms with Gasteiger partial charge in [0.1, 0.15) is 0 Å². The van der Waals surface area contributed by atoms with Crippen molar-refractivity contribution in [1.29, 1.82) is 0 Å². The van der Waals surface area contributed by atoms with Crippen LogP contribution in [0.1, 0.15) is 29.8 Å². The van der Waals surface area contributed by atoms with Crippen LogP contribution >= 0.6 is 11.8 Å². The van der Waals surface area contributed by atoms with Crippen LogP contribution in [0.25, 0.3) is 17.3 Å². The molecule has 8 nitrogen and oxygen atoms in total. The van der Waals surface area contributed by atoms with Gasteiger partial charge in [0.25, 0.3) is 11.1 Å². The molecule has 2 aliphatic heterocycles. The zero-order valence-electron chi connectivity index (χ0n) is 20.7. The highest BCUT2D eigenvalue weighted by Crippen LogP contribution is 2.31. The zero-order chi connectivity index (χ0) is 27.4. The Balaban J connectivity index is 1.11. The number of thioether (sulfide) groups is 1. The maximum absolute atomic E-state index is 12.8. The van der Waals surface area contributed by atoms with Crippen molar-refractivity contribution >= 4 is 34.9 Å². The zero-order valence-corrected chi connectivity index (χ0v) is 21.6. The van der Waals surface area contributed by atoms with Crippen LogP contribution in [0, 0.1) is 5.92 Å². The number of hydrogen-bond acceptors (Lipinski definition) is 8. The molecule has 39 heavy (non-hydrogen) atoms. The molecule has 5 rings (SSSR count). The minimum absolute atomic E-state index is 0.314. The predicted octanol–water partition coefficient (Wildman–Crippen LogP) is 4.89. The number of hydrogen-bond donors (Lipinski definition) is 2. The van der Waals surface area contributed by atoms with E-state index < -0.39 is 17.6 Å². The Morgan fingerprint density at radius 1 is 1.05 bits per heavy atom. The number of anilines is 1. The van der Waals surface area contributed by atoms with Crippen LogP contribution in [0.15, 0.2) is 59.6 Å². The van der Waals surface area contributed by atoms with E-state index >= 15 is 0 Å². The highest BCUT2D eigenvalue weighted by Gasteiger charge is 2.30. The number of halogens is 3. The molecule has 1 aromatic carbocycles. The number of carbonyl (C=O) groups excluding carboxylic acids is 2. The Hall–Kier alpha value is -3.77. The second-order valence-electron chi connectivity index (χ2n) is 9.28. The van der Waals surface area contributed by atoms with Crippen molar-refractivity contribution < 1.29 is 22.8 Å². The molecule has 0 saturated carbocycles. The quantitative estimate of drug-likeness (QED) is 0.399. The second kappa shape index (κ2) is 11.5. The fourth-order valence-electron chi connectivity index (χ4n) is 4.46. The van der Waals surface area contributed by atoms with E-state index in [0.29, 0.717) is 40.3 Å². The van der Waals surface area contributed by atoms with Gasteiger partial charge in [0.05, 0.1) is 27.6 Å². The normalized spacial score (nSPS) is 17.6. The van der Waals surface area contributed by atoms with Gasteiger partial charge in [-0.25, -0.2) is 9.97 Å². The fourth-order valence-corrected chi connectivity index (χ4v) is 5.13. The lowest BCUT2D eigenvalue weighted by Crippen LogP contribution is -2.38. The molecule has 2 amide bonds. The summed E-state index contributed by atoms with van der Waals surface area (Å²) in [5.74, 6) is 0.643. The lowest BCUT2D eigenvalue weighted by Gasteiger charge is -2.32. The van der Waals surface area contributed by atoms with E-state index in [0.717, 1.165) is 62.1 Å². The van der Waals surface area contributed by atoms with Crippen LogP contribution in [-0.2, 0) is 17.5 Å². The van der Waals surface area contributed by atoms with Crippen LogP contribution in [0.4, 0.5) is 23.9 Å². The smallest absolute Gasteiger partial charge is 0.341 e. The minimum Gasteiger partial charge on any atom is -0.341 e. The van der Waals surface area contributed by atoms with Crippen molar-refractivity contribution in [2.45, 2.75) is 25.6 Å². The van der Waals surface area contributed by atoms with E-state index in [9.17, 15) is 22.8 Å². The third kappa shape index (κ3) is 6.82. The summed E-state index contributed by atoms with van der Waals surface area (Å²) < 4.78 is 38.5. The first-order valence-electron chi connectivity index (χ1n) is 12.4. The number of imide groups is 1. The largest absolute Gasteiger partial charge is 0.416 e. The first-order chi connectivity index (χ1) is 18.7. The Kier molecular flexibility index (Phi) is 7.94. The molecular formula is C27H25F3N6O2S. The van der Waals surface area contributed by atoms with Gasteiger partial charge >= 0.3 is 6.18 Å². The van der Waals surface area contributed by atoms with E-state index in [4.69, 9.17) is 0 Å². The summed E-state index contributed by atoms with van der Waals surface area (Å²) in [6.07, 6.45) is 0.779. The van der Waals surface area contributed by atoms with Crippen LogP contribution in [0.5, 0.6) is 0 Å². The molecule has 0 bridgehead atoms. The maximum atomic E-state index is 12.8. The van der Waals surface area contributed by atoms with Gasteiger partial charge in [-0.1, -0.05) is 18.2 Å². The topological polar surface area (TPSA) is 100 Å². The Labute approximate surface area is 227 Å². The first kappa shape index (κ1) is 26.8. The average Bonchev–Trinajstić information content (AvgIpc) is 3.25. The maximum Gasteiger partial charge on any atom is 0.416 e. The number of pyridine rings is 1. The number of rotatable bonds is 7. The molecule has 202 valence electrons. The second-order valence-corrected chi connectivity index (χ2v) is 10.3. The molecule has 12 heteroatoms. The molecule has 0 atom stereocenters. The Morgan fingerprint density at radius 3 is 2.51 bits per heavy atom. The molecule has 4 heterocycles. The predicted molar refractivity (Wildman–Crippen MR) is 142 cm³/mol. The number of aromatic nitrogens is 3. The molecule has 0 unspecified atom stereocenters. The number of benzene rings is 1. The summed E-state index contributed by atoms with van der Waals surface area (Å²) in [6, 6.07) is 12.3. The molecule has 2 fully saturated rings. The van der Waals surface area contributed by atoms with Gasteiger partial charge in [0.2, 0.25) is 5.95 Å². The van der Waals surface area contributed by atoms with E-state index in [1.165, 1.54) is 12.1 Å². The molecule has 3 aromatic rings. The average molecular weight is 555 g/mol. The van der Waals surface area contributed by atoms with Crippen LogP contribution in [-0.4, -0.2) is 45.7 Å². The molecule has 2 N–H and O–H groups in total. The summed E-state index contributed by atoms with van der Waals surface area (Å²) in [7, 11) is 0. The number of alkyl halides is 3. The van der Waals surface area contributed by atoms with Gasteiger partial charge in [-0.05, 0) is 73.5 Å². The van der Waals surface area contributed by atoms with Crippen LogP contribution in [0.2, 0.25) is 0 Å². The lowest BCUT2D eigenvalue weighted by atomic mass is 9.97. The third-order valence-corrected chi connectivity index (χ3v) is 7.35. The SMILES string of the molecule is O=C1NC(=O)/C(=C\c2ccnc(N3CCC(CNCc4cccc(-c5ccc(C(F)(F)F)cc5)n4)CC3)n2)S1. The third-order valence-electron chi connectivity index (χ3n) is 6.54. The Morgan fingerprint density at radius 2 is 1.82 bits per heavy atom. The van der Waals surface area contributed by atoms with Crippen molar-refractivity contribution in [3.63, 3.8) is 0 Å². The van der Waals surface area contributed by atoms with E-state index in [2.05, 4.69) is 30.5 Å². The number of piperidine rings is 1. The van der Waals surface area contributed by atoms with E-state index in [1.807, 2.05) is 12.1 Å². The molecule has 2 saturated heterocycles. The minimum atomic E-state index is -4.36. The summed E-state index contributed by atoms with van der Waals surface area (Å²) in [4.78, 5) is 39.1. The van der Waals surface area contributed by atoms with Gasteiger partial charge < -0.3 is 10.2 Å². The standard InChI is InChI=1S/C27H25F3N6O2S/c28-27(29,30)19-6-4-18(5-7-19)22-3-1-2-21(33-22)16-31-15-17-9-12-36(13-10-17)25-32-11-8-20(34-25)14-23-24(37)35-26(38)39-23/h1-8,11,14,17,31H,9-10,12-13,15-16H2,(H,35,37,38)/b23-14+. The highest BCUT2D eigenvalue weighted by molar-refractivity contribution is 8.18. The van der Waals surface area contributed by atoms with Gasteiger partial charge in [0, 0.05) is 31.4 Å². The number of nitrogens with one attached hydrogen (secondary N) is 2. The van der Waals surface area contributed by atoms with E-state index in [1.54, 1.807) is 24.4 Å². The molecule has 2 aromatic heterocycles. The van der Waals surface area contributed by atoms with Gasteiger partial charge in [0.15, 0.2) is 0 Å². The highest BCUT2D eigenvalue weighted by atomic mass is 32.2. The molecule has 0 radical (unpaired) electrons. The first-order valence-corrected chi connectivity index (χ1v) is 13.2. The van der Waals surface area contributed by atoms with Gasteiger partial charge in [-0.15, -0.1) is 0 Å². The van der Waals surface area contributed by atoms with Crippen molar-refractivity contribution in [2.24, 2.45) is 5.92 Å². The summed E-state index contributed by atoms with van der Waals surface area (Å²) in [5.41, 5.74) is 1.98. The van der Waals surface area contributed by atoms with Crippen LogP contribution in [0.3, 0.4) is 0 Å². The van der Waals surface area contributed by atoms with Crippen molar-refractivity contribution in [3.8, 4) is 11.3 Å². The summed E-state index contributed by atoms with van der Waals surface area (Å²) in [6.45, 7) is 2.96. The summed E-state index contributed by atoms with van der Waals surface area (Å²) >= 11 is 0.856. The number of carbonyl (C=O) groups is 2. The van der Waals surface area contributed by atoms with Gasteiger partial charge in [-0.2, -0.15) is 13.2 Å². The monoisotopic (exact) mass is 554 g/mol. The summed E-state index contributed by atoms with van der Waals surface area (Å²) in [5, 5.41) is 5.30. The lowest BCUT2D eigenvalue weighted by molar-refractivity contribution is -0.137. The van der Waals surface area contributed by atoms with Crippen LogP contribution < -0.4 is 15.5 Å². The number of nitrogens with zero attached hydrogens (tertiary/aromatic N) is 4. The van der Waals surface area contributed by atoms with Gasteiger partial charge in [-0.3, -0.25) is 19.9 Å². The number of amides is 2. The molecule has 0 aliphatic carbocycles. The molecule has 2 aliphatic rings.